The van der Waals surface area contributed by atoms with Gasteiger partial charge in [0.05, 0.1) is 6.61 Å². The third kappa shape index (κ3) is 5.62. The molecule has 0 bridgehead atoms. The smallest absolute Gasteiger partial charge is 0.317 e. The van der Waals surface area contributed by atoms with E-state index in [0.29, 0.717) is 25.1 Å². The van der Waals surface area contributed by atoms with Gasteiger partial charge >= 0.3 is 6.03 Å². The average Bonchev–Trinajstić information content (AvgIpc) is 2.97. The molecule has 2 N–H and O–H groups in total. The van der Waals surface area contributed by atoms with E-state index in [1.165, 1.54) is 19.3 Å². The largest absolute Gasteiger partial charge is 0.396 e. The number of amides is 2. The summed E-state index contributed by atoms with van der Waals surface area (Å²) in [6.07, 6.45) is 5.94. The average molecular weight is 327 g/mol. The molecule has 0 unspecified atom stereocenters. The summed E-state index contributed by atoms with van der Waals surface area (Å²) in [6.45, 7) is 4.02. The van der Waals surface area contributed by atoms with Crippen molar-refractivity contribution in [2.24, 2.45) is 11.8 Å². The monoisotopic (exact) mass is 327 g/mol. The Morgan fingerprint density at radius 1 is 1.26 bits per heavy atom. The Labute approximate surface area is 140 Å². The van der Waals surface area contributed by atoms with Gasteiger partial charge in [-0.15, -0.1) is 0 Å². The van der Waals surface area contributed by atoms with Gasteiger partial charge in [-0.2, -0.15) is 0 Å². The molecule has 0 spiro atoms. The minimum absolute atomic E-state index is 0.0531. The number of hydrogen-bond donors (Lipinski definition) is 2. The number of ether oxygens (including phenoxy) is 1. The van der Waals surface area contributed by atoms with Crippen LogP contribution in [-0.2, 0) is 4.74 Å². The van der Waals surface area contributed by atoms with Crippen LogP contribution in [0.15, 0.2) is 0 Å². The number of hydrogen-bond acceptors (Lipinski definition) is 4. The highest BCUT2D eigenvalue weighted by Crippen LogP contribution is 2.25. The van der Waals surface area contributed by atoms with Crippen LogP contribution in [0.2, 0.25) is 0 Å². The molecular formula is C17H33N3O3. The van der Waals surface area contributed by atoms with Crippen LogP contribution in [0.5, 0.6) is 0 Å². The van der Waals surface area contributed by atoms with E-state index in [9.17, 15) is 9.90 Å². The van der Waals surface area contributed by atoms with E-state index in [-0.39, 0.29) is 18.6 Å². The van der Waals surface area contributed by atoms with Crippen molar-refractivity contribution in [3.8, 4) is 0 Å². The SMILES string of the molecule is COCCN(C)C[C@@H]1CN(C(=O)NC2CCCCC2)C[C@@H]1CO. The highest BCUT2D eigenvalue weighted by atomic mass is 16.5. The first-order valence-electron chi connectivity index (χ1n) is 8.97. The fourth-order valence-corrected chi connectivity index (χ4v) is 3.77. The first-order chi connectivity index (χ1) is 11.1. The number of urea groups is 1. The lowest BCUT2D eigenvalue weighted by molar-refractivity contribution is 0.136. The van der Waals surface area contributed by atoms with Gasteiger partial charge in [0.2, 0.25) is 0 Å². The van der Waals surface area contributed by atoms with Crippen LogP contribution in [0.4, 0.5) is 4.79 Å². The predicted molar refractivity (Wildman–Crippen MR) is 90.4 cm³/mol. The van der Waals surface area contributed by atoms with Gasteiger partial charge in [-0.3, -0.25) is 0 Å². The molecule has 2 rings (SSSR count). The number of methoxy groups -OCH3 is 1. The van der Waals surface area contributed by atoms with Crippen molar-refractivity contribution in [3.63, 3.8) is 0 Å². The second-order valence-electron chi connectivity index (χ2n) is 7.15. The summed E-state index contributed by atoms with van der Waals surface area (Å²) < 4.78 is 5.11. The molecule has 2 amide bonds. The maximum absolute atomic E-state index is 12.5. The Morgan fingerprint density at radius 2 is 1.96 bits per heavy atom. The molecule has 1 aliphatic heterocycles. The summed E-state index contributed by atoms with van der Waals surface area (Å²) in [5, 5.41) is 12.8. The van der Waals surface area contributed by atoms with Crippen LogP contribution in [0, 0.1) is 11.8 Å². The van der Waals surface area contributed by atoms with Crippen molar-refractivity contribution in [2.75, 3.05) is 53.6 Å². The minimum Gasteiger partial charge on any atom is -0.396 e. The van der Waals surface area contributed by atoms with Crippen molar-refractivity contribution in [2.45, 2.75) is 38.1 Å². The number of nitrogens with zero attached hydrogens (tertiary/aromatic N) is 2. The maximum atomic E-state index is 12.5. The number of carbonyl (C=O) groups is 1. The Bertz CT molecular complexity index is 361. The van der Waals surface area contributed by atoms with Crippen LogP contribution < -0.4 is 5.32 Å². The number of nitrogens with one attached hydrogen (secondary N) is 1. The van der Waals surface area contributed by atoms with E-state index in [2.05, 4.69) is 17.3 Å². The standard InChI is InChI=1S/C17H33N3O3/c1-19(8-9-23-2)10-14-11-20(12-15(14)13-21)17(22)18-16-6-4-3-5-7-16/h14-16,21H,3-13H2,1-2H3,(H,18,22)/t14-,15-/m1/s1. The van der Waals surface area contributed by atoms with E-state index in [1.54, 1.807) is 7.11 Å². The molecule has 1 aliphatic carbocycles. The van der Waals surface area contributed by atoms with Crippen LogP contribution in [0.25, 0.3) is 0 Å². The van der Waals surface area contributed by atoms with Crippen molar-refractivity contribution in [1.82, 2.24) is 15.1 Å². The number of likely N-dealkylation sites (N-methyl/N-ethyl adjacent to an activating group) is 1. The van der Waals surface area contributed by atoms with Gasteiger partial charge < -0.3 is 25.0 Å². The maximum Gasteiger partial charge on any atom is 0.317 e. The Morgan fingerprint density at radius 3 is 2.61 bits per heavy atom. The molecule has 0 aromatic carbocycles. The molecule has 1 saturated heterocycles. The zero-order valence-corrected chi connectivity index (χ0v) is 14.7. The molecule has 1 heterocycles. The van der Waals surface area contributed by atoms with Crippen LogP contribution in [0.3, 0.4) is 0 Å². The second-order valence-corrected chi connectivity index (χ2v) is 7.15. The van der Waals surface area contributed by atoms with Gasteiger partial charge in [0.1, 0.15) is 0 Å². The van der Waals surface area contributed by atoms with Crippen molar-refractivity contribution < 1.29 is 14.6 Å². The van der Waals surface area contributed by atoms with Gasteiger partial charge in [0.15, 0.2) is 0 Å². The molecule has 0 aromatic heterocycles. The lowest BCUT2D eigenvalue weighted by Crippen LogP contribution is -2.45. The number of aliphatic hydroxyl groups excluding tert-OH is 1. The molecule has 0 aromatic rings. The van der Waals surface area contributed by atoms with E-state index in [4.69, 9.17) is 4.74 Å². The van der Waals surface area contributed by atoms with Crippen LogP contribution in [0.1, 0.15) is 32.1 Å². The highest BCUT2D eigenvalue weighted by molar-refractivity contribution is 5.74. The summed E-state index contributed by atoms with van der Waals surface area (Å²) in [6, 6.07) is 0.393. The van der Waals surface area contributed by atoms with Gasteiger partial charge in [0, 0.05) is 51.9 Å². The molecule has 6 nitrogen and oxygen atoms in total. The first kappa shape index (κ1) is 18.5. The minimum atomic E-state index is 0.0531. The van der Waals surface area contributed by atoms with E-state index >= 15 is 0 Å². The summed E-state index contributed by atoms with van der Waals surface area (Å²) in [4.78, 5) is 16.6. The van der Waals surface area contributed by atoms with E-state index in [0.717, 1.165) is 32.5 Å². The van der Waals surface area contributed by atoms with Crippen molar-refractivity contribution >= 4 is 6.03 Å². The van der Waals surface area contributed by atoms with Crippen LogP contribution in [-0.4, -0.2) is 80.5 Å². The fraction of sp³-hybridized carbons (Fsp3) is 0.941. The molecule has 2 atom stereocenters. The molecule has 23 heavy (non-hydrogen) atoms. The van der Waals surface area contributed by atoms with Crippen LogP contribution >= 0.6 is 0 Å². The highest BCUT2D eigenvalue weighted by Gasteiger charge is 2.35. The number of rotatable bonds is 7. The van der Waals surface area contributed by atoms with E-state index < -0.39 is 0 Å². The van der Waals surface area contributed by atoms with Crippen molar-refractivity contribution in [1.29, 1.82) is 0 Å². The Balaban J connectivity index is 1.80. The predicted octanol–water partition coefficient (Wildman–Crippen LogP) is 1.15. The topological polar surface area (TPSA) is 65.0 Å². The van der Waals surface area contributed by atoms with Gasteiger partial charge in [0.25, 0.3) is 0 Å². The zero-order valence-electron chi connectivity index (χ0n) is 14.7. The third-order valence-electron chi connectivity index (χ3n) is 5.25. The second kappa shape index (κ2) is 9.45. The Hall–Kier alpha value is -0.850. The third-order valence-corrected chi connectivity index (χ3v) is 5.25. The van der Waals surface area contributed by atoms with Gasteiger partial charge in [-0.05, 0) is 25.8 Å². The van der Waals surface area contributed by atoms with Crippen molar-refractivity contribution in [3.05, 3.63) is 0 Å². The summed E-state index contributed by atoms with van der Waals surface area (Å²) in [5.41, 5.74) is 0. The molecular weight excluding hydrogens is 294 g/mol. The zero-order chi connectivity index (χ0) is 16.7. The summed E-state index contributed by atoms with van der Waals surface area (Å²) in [5.74, 6) is 0.510. The molecule has 2 aliphatic rings. The molecule has 2 fully saturated rings. The van der Waals surface area contributed by atoms with Gasteiger partial charge in [-0.25, -0.2) is 4.79 Å². The molecule has 1 saturated carbocycles. The first-order valence-corrected chi connectivity index (χ1v) is 8.97. The molecule has 0 radical (unpaired) electrons. The Kier molecular flexibility index (Phi) is 7.59. The van der Waals surface area contributed by atoms with Gasteiger partial charge in [-0.1, -0.05) is 19.3 Å². The number of carbonyl (C=O) groups excluding carboxylic acids is 1. The molecule has 134 valence electrons. The fourth-order valence-electron chi connectivity index (χ4n) is 3.77. The summed E-state index contributed by atoms with van der Waals surface area (Å²) >= 11 is 0. The lowest BCUT2D eigenvalue weighted by atomic mass is 9.96. The number of likely N-dealkylation sites (tertiary alicyclic amines) is 1. The molecule has 6 heteroatoms. The quantitative estimate of drug-likeness (QED) is 0.736. The summed E-state index contributed by atoms with van der Waals surface area (Å²) in [7, 11) is 3.77. The normalized spacial score (nSPS) is 26.0. The lowest BCUT2D eigenvalue weighted by Gasteiger charge is -2.26. The number of aliphatic hydroxyl groups is 1. The van der Waals surface area contributed by atoms with E-state index in [1.807, 2.05) is 4.90 Å².